The summed E-state index contributed by atoms with van der Waals surface area (Å²) in [5.41, 5.74) is 0.174. The number of hydrogen-bond acceptors (Lipinski definition) is 3. The Hall–Kier alpha value is -1.53. The van der Waals surface area contributed by atoms with Gasteiger partial charge in [0.2, 0.25) is 0 Å². The summed E-state index contributed by atoms with van der Waals surface area (Å²) in [6.45, 7) is 3.55. The summed E-state index contributed by atoms with van der Waals surface area (Å²) >= 11 is 0. The van der Waals surface area contributed by atoms with Gasteiger partial charge < -0.3 is 10.0 Å². The maximum atomic E-state index is 13.1. The van der Waals surface area contributed by atoms with Crippen LogP contribution in [0.15, 0.2) is 18.2 Å². The second-order valence-electron chi connectivity index (χ2n) is 4.84. The van der Waals surface area contributed by atoms with Crippen molar-refractivity contribution < 1.29 is 18.7 Å². The van der Waals surface area contributed by atoms with E-state index >= 15 is 0 Å². The molecule has 6 heteroatoms. The van der Waals surface area contributed by atoms with Crippen LogP contribution in [0.2, 0.25) is 0 Å². The molecule has 1 saturated heterocycles. The SMILES string of the molecule is O=C(c1ccc(F)c(F)c1)N1CCN(CCCO)CC1. The molecular weight excluding hydrogens is 266 g/mol. The third kappa shape index (κ3) is 3.52. The summed E-state index contributed by atoms with van der Waals surface area (Å²) in [7, 11) is 0. The fourth-order valence-electron chi connectivity index (χ4n) is 2.28. The van der Waals surface area contributed by atoms with Crippen LogP contribution in [0.3, 0.4) is 0 Å². The highest BCUT2D eigenvalue weighted by Crippen LogP contribution is 2.13. The molecule has 1 fully saturated rings. The van der Waals surface area contributed by atoms with Crippen LogP contribution in [0, 0.1) is 11.6 Å². The van der Waals surface area contributed by atoms with E-state index in [4.69, 9.17) is 5.11 Å². The Balaban J connectivity index is 1.92. The van der Waals surface area contributed by atoms with Crippen LogP contribution in [-0.4, -0.2) is 60.1 Å². The van der Waals surface area contributed by atoms with Crippen LogP contribution < -0.4 is 0 Å². The van der Waals surface area contributed by atoms with Crippen LogP contribution in [0.25, 0.3) is 0 Å². The molecule has 0 atom stereocenters. The predicted molar refractivity (Wildman–Crippen MR) is 70.4 cm³/mol. The first-order valence-electron chi connectivity index (χ1n) is 6.69. The lowest BCUT2D eigenvalue weighted by atomic mass is 10.1. The van der Waals surface area contributed by atoms with Crippen molar-refractivity contribution in [1.82, 2.24) is 9.80 Å². The van der Waals surface area contributed by atoms with Crippen LogP contribution in [0.4, 0.5) is 8.78 Å². The van der Waals surface area contributed by atoms with Crippen molar-refractivity contribution >= 4 is 5.91 Å². The molecule has 2 rings (SSSR count). The van der Waals surface area contributed by atoms with Gasteiger partial charge in [-0.05, 0) is 24.6 Å². The van der Waals surface area contributed by atoms with E-state index in [1.165, 1.54) is 6.07 Å². The van der Waals surface area contributed by atoms with E-state index in [1.54, 1.807) is 4.90 Å². The van der Waals surface area contributed by atoms with Crippen molar-refractivity contribution in [2.45, 2.75) is 6.42 Å². The molecule has 4 nitrogen and oxygen atoms in total. The van der Waals surface area contributed by atoms with Crippen molar-refractivity contribution in [1.29, 1.82) is 0 Å². The van der Waals surface area contributed by atoms with E-state index in [-0.39, 0.29) is 18.1 Å². The Morgan fingerprint density at radius 1 is 1.15 bits per heavy atom. The van der Waals surface area contributed by atoms with Gasteiger partial charge in [0, 0.05) is 44.9 Å². The van der Waals surface area contributed by atoms with Gasteiger partial charge in [0.15, 0.2) is 11.6 Å². The molecule has 1 heterocycles. The van der Waals surface area contributed by atoms with E-state index in [2.05, 4.69) is 4.90 Å². The third-order valence-electron chi connectivity index (χ3n) is 3.46. The van der Waals surface area contributed by atoms with Gasteiger partial charge >= 0.3 is 0 Å². The molecule has 1 amide bonds. The predicted octanol–water partition coefficient (Wildman–Crippen LogP) is 1.11. The number of piperazine rings is 1. The third-order valence-corrected chi connectivity index (χ3v) is 3.46. The van der Waals surface area contributed by atoms with Gasteiger partial charge in [0.05, 0.1) is 0 Å². The van der Waals surface area contributed by atoms with E-state index in [1.807, 2.05) is 0 Å². The smallest absolute Gasteiger partial charge is 0.254 e. The van der Waals surface area contributed by atoms with Crippen molar-refractivity contribution in [3.8, 4) is 0 Å². The molecule has 0 spiro atoms. The van der Waals surface area contributed by atoms with Crippen molar-refractivity contribution in [3.63, 3.8) is 0 Å². The first-order chi connectivity index (χ1) is 9.61. The standard InChI is InChI=1S/C14H18F2N2O2/c15-12-3-2-11(10-13(12)16)14(20)18-7-5-17(6-8-18)4-1-9-19/h2-3,10,19H,1,4-9H2. The van der Waals surface area contributed by atoms with Gasteiger partial charge in [-0.3, -0.25) is 9.69 Å². The summed E-state index contributed by atoms with van der Waals surface area (Å²) in [5.74, 6) is -2.22. The number of benzene rings is 1. The highest BCUT2D eigenvalue weighted by molar-refractivity contribution is 5.94. The Morgan fingerprint density at radius 2 is 1.85 bits per heavy atom. The first-order valence-corrected chi connectivity index (χ1v) is 6.69. The zero-order chi connectivity index (χ0) is 14.5. The van der Waals surface area contributed by atoms with Crippen LogP contribution in [-0.2, 0) is 0 Å². The average Bonchev–Trinajstić information content (AvgIpc) is 2.48. The number of carbonyl (C=O) groups is 1. The summed E-state index contributed by atoms with van der Waals surface area (Å²) < 4.78 is 26.0. The number of halogens is 2. The number of amides is 1. The first kappa shape index (κ1) is 14.9. The van der Waals surface area contributed by atoms with Crippen LogP contribution >= 0.6 is 0 Å². The molecule has 1 N–H and O–H groups in total. The number of hydrogen-bond donors (Lipinski definition) is 1. The quantitative estimate of drug-likeness (QED) is 0.900. The van der Waals surface area contributed by atoms with Crippen LogP contribution in [0.5, 0.6) is 0 Å². The lowest BCUT2D eigenvalue weighted by Gasteiger charge is -2.34. The van der Waals surface area contributed by atoms with E-state index in [9.17, 15) is 13.6 Å². The van der Waals surface area contributed by atoms with Gasteiger partial charge in [-0.1, -0.05) is 0 Å². The van der Waals surface area contributed by atoms with E-state index in [0.29, 0.717) is 13.1 Å². The minimum absolute atomic E-state index is 0.161. The van der Waals surface area contributed by atoms with Crippen molar-refractivity contribution in [2.24, 2.45) is 0 Å². The summed E-state index contributed by atoms with van der Waals surface area (Å²) in [6, 6.07) is 3.22. The Morgan fingerprint density at radius 3 is 2.45 bits per heavy atom. The zero-order valence-electron chi connectivity index (χ0n) is 11.2. The zero-order valence-corrected chi connectivity index (χ0v) is 11.2. The topological polar surface area (TPSA) is 43.8 Å². The van der Waals surface area contributed by atoms with Gasteiger partial charge in [0.25, 0.3) is 5.91 Å². The highest BCUT2D eigenvalue weighted by atomic mass is 19.2. The minimum atomic E-state index is -1.00. The van der Waals surface area contributed by atoms with Gasteiger partial charge in [-0.15, -0.1) is 0 Å². The molecule has 1 aliphatic heterocycles. The summed E-state index contributed by atoms with van der Waals surface area (Å²) in [4.78, 5) is 16.0. The monoisotopic (exact) mass is 284 g/mol. The molecule has 0 aliphatic carbocycles. The number of carbonyl (C=O) groups excluding carboxylic acids is 1. The van der Waals surface area contributed by atoms with Crippen molar-refractivity contribution in [2.75, 3.05) is 39.3 Å². The van der Waals surface area contributed by atoms with Gasteiger partial charge in [-0.2, -0.15) is 0 Å². The maximum Gasteiger partial charge on any atom is 0.254 e. The van der Waals surface area contributed by atoms with Crippen LogP contribution in [0.1, 0.15) is 16.8 Å². The van der Waals surface area contributed by atoms with Gasteiger partial charge in [-0.25, -0.2) is 8.78 Å². The molecule has 0 saturated carbocycles. The van der Waals surface area contributed by atoms with Gasteiger partial charge in [0.1, 0.15) is 0 Å². The number of nitrogens with zero attached hydrogens (tertiary/aromatic N) is 2. The summed E-state index contributed by atoms with van der Waals surface area (Å²) in [5, 5.41) is 8.78. The maximum absolute atomic E-state index is 13.1. The minimum Gasteiger partial charge on any atom is -0.396 e. The molecule has 110 valence electrons. The Kier molecular flexibility index (Phi) is 5.03. The lowest BCUT2D eigenvalue weighted by Crippen LogP contribution is -2.48. The molecular formula is C14H18F2N2O2. The molecule has 0 unspecified atom stereocenters. The molecule has 1 aromatic carbocycles. The summed E-state index contributed by atoms with van der Waals surface area (Å²) in [6.07, 6.45) is 0.719. The largest absolute Gasteiger partial charge is 0.396 e. The second-order valence-corrected chi connectivity index (χ2v) is 4.84. The van der Waals surface area contributed by atoms with Crippen molar-refractivity contribution in [3.05, 3.63) is 35.4 Å². The lowest BCUT2D eigenvalue weighted by molar-refractivity contribution is 0.0628. The molecule has 1 aliphatic rings. The number of rotatable bonds is 4. The van der Waals surface area contributed by atoms with E-state index < -0.39 is 11.6 Å². The van der Waals surface area contributed by atoms with E-state index in [0.717, 1.165) is 38.2 Å². The highest BCUT2D eigenvalue weighted by Gasteiger charge is 2.22. The molecule has 20 heavy (non-hydrogen) atoms. The molecule has 0 bridgehead atoms. The Labute approximate surface area is 116 Å². The second kappa shape index (κ2) is 6.76. The molecule has 0 radical (unpaired) electrons. The molecule has 0 aromatic heterocycles. The molecule has 1 aromatic rings. The average molecular weight is 284 g/mol. The number of aliphatic hydroxyl groups excluding tert-OH is 1. The fourth-order valence-corrected chi connectivity index (χ4v) is 2.28. The normalized spacial score (nSPS) is 16.4. The Bertz CT molecular complexity index is 474. The number of aliphatic hydroxyl groups is 1. The fraction of sp³-hybridized carbons (Fsp3) is 0.500.